The summed E-state index contributed by atoms with van der Waals surface area (Å²) in [5.41, 5.74) is 1.86. The Morgan fingerprint density at radius 1 is 1.15 bits per heavy atom. The van der Waals surface area contributed by atoms with Gasteiger partial charge in [-0.2, -0.15) is 0 Å². The molecule has 0 heterocycles. The smallest absolute Gasteiger partial charge is 0.333 e. The van der Waals surface area contributed by atoms with Crippen LogP contribution < -0.4 is 4.74 Å². The van der Waals surface area contributed by atoms with Gasteiger partial charge in [0.15, 0.2) is 6.10 Å². The summed E-state index contributed by atoms with van der Waals surface area (Å²) in [6, 6.07) is 17.1. The number of carboxylic acid groups (broad SMARTS) is 1. The van der Waals surface area contributed by atoms with Gasteiger partial charge in [0, 0.05) is 18.6 Å². The Bertz CT molecular complexity index is 767. The van der Waals surface area contributed by atoms with Crippen LogP contribution in [0.1, 0.15) is 18.1 Å². The molecule has 0 saturated heterocycles. The fourth-order valence-corrected chi connectivity index (χ4v) is 2.25. The first-order valence-corrected chi connectivity index (χ1v) is 8.46. The SMILES string of the molecule is CCO[C@@H](Cc1ccc(OC/C=C\C#Cc2ccccc2)cc1)C(=O)O. The van der Waals surface area contributed by atoms with Gasteiger partial charge in [-0.3, -0.25) is 0 Å². The van der Waals surface area contributed by atoms with Crippen molar-refractivity contribution in [1.29, 1.82) is 0 Å². The van der Waals surface area contributed by atoms with E-state index in [9.17, 15) is 4.79 Å². The third-order valence-corrected chi connectivity index (χ3v) is 3.53. The van der Waals surface area contributed by atoms with Gasteiger partial charge in [0.1, 0.15) is 12.4 Å². The Balaban J connectivity index is 1.79. The van der Waals surface area contributed by atoms with E-state index in [2.05, 4.69) is 11.8 Å². The quantitative estimate of drug-likeness (QED) is 0.738. The fourth-order valence-electron chi connectivity index (χ4n) is 2.25. The summed E-state index contributed by atoms with van der Waals surface area (Å²) in [5, 5.41) is 9.11. The van der Waals surface area contributed by atoms with Crippen LogP contribution in [-0.4, -0.2) is 30.4 Å². The van der Waals surface area contributed by atoms with E-state index in [-0.39, 0.29) is 0 Å². The van der Waals surface area contributed by atoms with Crippen molar-refractivity contribution in [3.05, 3.63) is 77.9 Å². The van der Waals surface area contributed by atoms with Crippen molar-refractivity contribution in [2.24, 2.45) is 0 Å². The Labute approximate surface area is 154 Å². The summed E-state index contributed by atoms with van der Waals surface area (Å²) in [5.74, 6) is 5.77. The van der Waals surface area contributed by atoms with E-state index in [4.69, 9.17) is 14.6 Å². The van der Waals surface area contributed by atoms with E-state index in [1.54, 1.807) is 13.0 Å². The number of carbonyl (C=O) groups is 1. The minimum absolute atomic E-state index is 0.332. The van der Waals surface area contributed by atoms with Crippen LogP contribution in [0.2, 0.25) is 0 Å². The first-order valence-electron chi connectivity index (χ1n) is 8.46. The van der Waals surface area contributed by atoms with Crippen LogP contribution in [0, 0.1) is 11.8 Å². The minimum Gasteiger partial charge on any atom is -0.490 e. The maximum atomic E-state index is 11.1. The minimum atomic E-state index is -0.950. The maximum Gasteiger partial charge on any atom is 0.333 e. The molecular weight excluding hydrogens is 328 g/mol. The molecule has 0 saturated carbocycles. The highest BCUT2D eigenvalue weighted by Crippen LogP contribution is 2.14. The fraction of sp³-hybridized carbons (Fsp3) is 0.227. The van der Waals surface area contributed by atoms with Crippen molar-refractivity contribution >= 4 is 5.97 Å². The highest BCUT2D eigenvalue weighted by atomic mass is 16.5. The van der Waals surface area contributed by atoms with Crippen LogP contribution in [0.3, 0.4) is 0 Å². The lowest BCUT2D eigenvalue weighted by Crippen LogP contribution is -2.26. The van der Waals surface area contributed by atoms with Crippen LogP contribution in [0.15, 0.2) is 66.7 Å². The van der Waals surface area contributed by atoms with Crippen LogP contribution in [0.5, 0.6) is 5.75 Å². The molecule has 0 unspecified atom stereocenters. The average molecular weight is 350 g/mol. The molecule has 0 radical (unpaired) electrons. The Morgan fingerprint density at radius 3 is 2.54 bits per heavy atom. The molecule has 0 aliphatic heterocycles. The lowest BCUT2D eigenvalue weighted by Gasteiger charge is -2.12. The van der Waals surface area contributed by atoms with E-state index in [0.717, 1.165) is 16.9 Å². The molecule has 2 rings (SSSR count). The number of hydrogen-bond acceptors (Lipinski definition) is 3. The second-order valence-electron chi connectivity index (χ2n) is 5.48. The molecule has 4 heteroatoms. The van der Waals surface area contributed by atoms with Crippen LogP contribution in [0.25, 0.3) is 0 Å². The number of rotatable bonds is 8. The van der Waals surface area contributed by atoms with Crippen LogP contribution in [0.4, 0.5) is 0 Å². The van der Waals surface area contributed by atoms with E-state index < -0.39 is 12.1 Å². The molecule has 0 aliphatic rings. The highest BCUT2D eigenvalue weighted by Gasteiger charge is 2.17. The Kier molecular flexibility index (Phi) is 7.98. The van der Waals surface area contributed by atoms with Crippen LogP contribution in [-0.2, 0) is 16.0 Å². The molecule has 1 atom stereocenters. The lowest BCUT2D eigenvalue weighted by atomic mass is 10.1. The van der Waals surface area contributed by atoms with E-state index in [1.807, 2.05) is 60.7 Å². The van der Waals surface area contributed by atoms with Crippen LogP contribution >= 0.6 is 0 Å². The average Bonchev–Trinajstić information content (AvgIpc) is 2.66. The van der Waals surface area contributed by atoms with Crippen molar-refractivity contribution in [2.75, 3.05) is 13.2 Å². The third-order valence-electron chi connectivity index (χ3n) is 3.53. The Hall–Kier alpha value is -3.03. The largest absolute Gasteiger partial charge is 0.490 e. The zero-order valence-electron chi connectivity index (χ0n) is 14.7. The number of benzene rings is 2. The molecule has 26 heavy (non-hydrogen) atoms. The summed E-state index contributed by atoms with van der Waals surface area (Å²) < 4.78 is 10.8. The summed E-state index contributed by atoms with van der Waals surface area (Å²) >= 11 is 0. The van der Waals surface area contributed by atoms with Gasteiger partial charge in [0.25, 0.3) is 0 Å². The molecule has 0 aliphatic carbocycles. The molecule has 0 spiro atoms. The molecule has 2 aromatic carbocycles. The second-order valence-corrected chi connectivity index (χ2v) is 5.48. The third kappa shape index (κ3) is 6.84. The predicted octanol–water partition coefficient (Wildman–Crippen LogP) is 3.71. The number of carboxylic acids is 1. The summed E-state index contributed by atoms with van der Waals surface area (Å²) in [4.78, 5) is 11.1. The van der Waals surface area contributed by atoms with Gasteiger partial charge < -0.3 is 14.6 Å². The molecule has 0 bridgehead atoms. The second kappa shape index (κ2) is 10.8. The van der Waals surface area contributed by atoms with E-state index >= 15 is 0 Å². The predicted molar refractivity (Wildman–Crippen MR) is 101 cm³/mol. The summed E-state index contributed by atoms with van der Waals surface area (Å²) in [6.45, 7) is 2.57. The Morgan fingerprint density at radius 2 is 1.88 bits per heavy atom. The lowest BCUT2D eigenvalue weighted by molar-refractivity contribution is -0.149. The van der Waals surface area contributed by atoms with Crippen molar-refractivity contribution in [3.8, 4) is 17.6 Å². The molecule has 1 N–H and O–H groups in total. The first-order chi connectivity index (χ1) is 12.7. The van der Waals surface area contributed by atoms with Gasteiger partial charge in [-0.1, -0.05) is 42.2 Å². The standard InChI is InChI=1S/C22H22O4/c1-2-25-21(22(23)24)17-19-12-14-20(15-13-19)26-16-8-4-7-11-18-9-5-3-6-10-18/h3-6,8-10,12-15,21H,2,16-17H2,1H3,(H,23,24)/b8-4-/t21-/m0/s1. The summed E-state index contributed by atoms with van der Waals surface area (Å²) in [6.07, 6.45) is 3.12. The molecule has 2 aromatic rings. The van der Waals surface area contributed by atoms with Crippen molar-refractivity contribution in [1.82, 2.24) is 0 Å². The van der Waals surface area contributed by atoms with Gasteiger partial charge >= 0.3 is 5.97 Å². The van der Waals surface area contributed by atoms with Gasteiger partial charge in [0.05, 0.1) is 0 Å². The molecular formula is C22H22O4. The molecule has 134 valence electrons. The first kappa shape index (κ1) is 19.3. The van der Waals surface area contributed by atoms with Crippen molar-refractivity contribution in [2.45, 2.75) is 19.4 Å². The van der Waals surface area contributed by atoms with Crippen molar-refractivity contribution in [3.63, 3.8) is 0 Å². The maximum absolute atomic E-state index is 11.1. The molecule has 0 amide bonds. The van der Waals surface area contributed by atoms with Gasteiger partial charge in [-0.15, -0.1) is 0 Å². The normalized spacial score (nSPS) is 11.6. The van der Waals surface area contributed by atoms with Gasteiger partial charge in [-0.25, -0.2) is 4.79 Å². The zero-order valence-corrected chi connectivity index (χ0v) is 14.7. The van der Waals surface area contributed by atoms with E-state index in [0.29, 0.717) is 19.6 Å². The monoisotopic (exact) mass is 350 g/mol. The van der Waals surface area contributed by atoms with Crippen molar-refractivity contribution < 1.29 is 19.4 Å². The summed E-state index contributed by atoms with van der Waals surface area (Å²) in [7, 11) is 0. The van der Waals surface area contributed by atoms with E-state index in [1.165, 1.54) is 0 Å². The molecule has 4 nitrogen and oxygen atoms in total. The number of hydrogen-bond donors (Lipinski definition) is 1. The number of aliphatic carboxylic acids is 1. The molecule has 0 aromatic heterocycles. The zero-order chi connectivity index (χ0) is 18.6. The number of allylic oxidation sites excluding steroid dienone is 1. The molecule has 0 fully saturated rings. The topological polar surface area (TPSA) is 55.8 Å². The number of ether oxygens (including phenoxy) is 2. The van der Waals surface area contributed by atoms with Gasteiger partial charge in [0.2, 0.25) is 0 Å². The van der Waals surface area contributed by atoms with Gasteiger partial charge in [-0.05, 0) is 48.9 Å². The highest BCUT2D eigenvalue weighted by molar-refractivity contribution is 5.72.